The van der Waals surface area contributed by atoms with Crippen molar-refractivity contribution < 1.29 is 23.0 Å². The van der Waals surface area contributed by atoms with Crippen LogP contribution in [0.15, 0.2) is 29.4 Å². The number of rotatable bonds is 25. The molecule has 0 aliphatic carbocycles. The molecule has 0 saturated heterocycles. The van der Waals surface area contributed by atoms with Crippen LogP contribution in [-0.4, -0.2) is 45.4 Å². The van der Waals surface area contributed by atoms with E-state index >= 15 is 0 Å². The van der Waals surface area contributed by atoms with Crippen molar-refractivity contribution in [2.75, 3.05) is 40.9 Å². The molecule has 1 rings (SSSR count). The molecule has 1 unspecified atom stereocenters. The Hall–Kier alpha value is -1.40. The van der Waals surface area contributed by atoms with Gasteiger partial charge in [-0.2, -0.15) is 0 Å². The van der Waals surface area contributed by atoms with Crippen LogP contribution in [0, 0.1) is 0 Å². The molecule has 1 atom stereocenters. The first-order valence-electron chi connectivity index (χ1n) is 14.8. The molecule has 8 nitrogen and oxygen atoms in total. The third-order valence-electron chi connectivity index (χ3n) is 6.72. The molecule has 9 heteroatoms. The Morgan fingerprint density at radius 3 is 1.61 bits per heavy atom. The van der Waals surface area contributed by atoms with Crippen molar-refractivity contribution in [3.05, 3.63) is 40.3 Å². The van der Waals surface area contributed by atoms with E-state index in [1.807, 2.05) is 33.3 Å². The third-order valence-corrected chi connectivity index (χ3v) is 7.71. The highest BCUT2D eigenvalue weighted by molar-refractivity contribution is 7.45. The number of benzene rings is 1. The Kier molecular flexibility index (Phi) is 19.5. The predicted molar refractivity (Wildman–Crippen MR) is 155 cm³/mol. The van der Waals surface area contributed by atoms with Gasteiger partial charge in [-0.1, -0.05) is 119 Å². The molecule has 0 saturated carbocycles. The molecule has 0 aliphatic rings. The van der Waals surface area contributed by atoms with Crippen LogP contribution in [0.25, 0.3) is 10.4 Å². The van der Waals surface area contributed by atoms with Crippen LogP contribution < -0.4 is 4.89 Å². The maximum absolute atomic E-state index is 11.7. The van der Waals surface area contributed by atoms with Crippen molar-refractivity contribution in [1.82, 2.24) is 0 Å². The second kappa shape index (κ2) is 21.4. The molecule has 38 heavy (non-hydrogen) atoms. The van der Waals surface area contributed by atoms with Gasteiger partial charge >= 0.3 is 0 Å². The first kappa shape index (κ1) is 34.6. The number of quaternary nitrogens is 1. The van der Waals surface area contributed by atoms with E-state index in [1.165, 1.54) is 89.0 Å². The summed E-state index contributed by atoms with van der Waals surface area (Å²) in [4.78, 5) is 14.5. The summed E-state index contributed by atoms with van der Waals surface area (Å²) < 4.78 is 22.2. The Morgan fingerprint density at radius 1 is 0.737 bits per heavy atom. The highest BCUT2D eigenvalue weighted by Gasteiger charge is 2.13. The zero-order chi connectivity index (χ0) is 28.0. The van der Waals surface area contributed by atoms with E-state index in [4.69, 9.17) is 14.6 Å². The molecule has 0 bridgehead atoms. The first-order valence-corrected chi connectivity index (χ1v) is 16.2. The summed E-state index contributed by atoms with van der Waals surface area (Å²) in [5.74, 6) is 0. The monoisotopic (exact) mass is 552 g/mol. The van der Waals surface area contributed by atoms with E-state index < -0.39 is 7.82 Å². The minimum absolute atomic E-state index is 0.158. The molecule has 0 spiro atoms. The average Bonchev–Trinajstić information content (AvgIpc) is 2.85. The largest absolute Gasteiger partial charge is 0.756 e. The third kappa shape index (κ3) is 21.5. The van der Waals surface area contributed by atoms with E-state index in [0.29, 0.717) is 16.7 Å². The second-order valence-corrected chi connectivity index (χ2v) is 12.8. The van der Waals surface area contributed by atoms with Crippen molar-refractivity contribution in [3.63, 3.8) is 0 Å². The number of phosphoric ester groups is 1. The average molecular weight is 553 g/mol. The number of phosphoric acid groups is 1. The lowest BCUT2D eigenvalue weighted by molar-refractivity contribution is -0.870. The minimum Gasteiger partial charge on any atom is -0.756 e. The van der Waals surface area contributed by atoms with E-state index in [9.17, 15) is 9.46 Å². The van der Waals surface area contributed by atoms with Crippen molar-refractivity contribution in [1.29, 1.82) is 0 Å². The van der Waals surface area contributed by atoms with Crippen LogP contribution in [-0.2, 0) is 20.0 Å². The van der Waals surface area contributed by atoms with E-state index in [-0.39, 0.29) is 13.2 Å². The number of hydrogen-bond acceptors (Lipinski definition) is 5. The molecule has 218 valence electrons. The van der Waals surface area contributed by atoms with Crippen molar-refractivity contribution in [2.24, 2.45) is 5.11 Å². The zero-order valence-corrected chi connectivity index (χ0v) is 25.2. The Labute approximate surface area is 231 Å². The number of azide groups is 1. The fourth-order valence-corrected chi connectivity index (χ4v) is 5.06. The zero-order valence-electron chi connectivity index (χ0n) is 24.3. The summed E-state index contributed by atoms with van der Waals surface area (Å²) in [6, 6.07) is 7.89. The molecular weight excluding hydrogens is 499 g/mol. The highest BCUT2D eigenvalue weighted by atomic mass is 31.2. The van der Waals surface area contributed by atoms with Crippen LogP contribution >= 0.6 is 7.82 Å². The van der Waals surface area contributed by atoms with Gasteiger partial charge in [0.1, 0.15) is 13.2 Å². The topological polar surface area (TPSA) is 107 Å². The molecule has 1 aromatic rings. The van der Waals surface area contributed by atoms with Gasteiger partial charge in [0.15, 0.2) is 0 Å². The van der Waals surface area contributed by atoms with Gasteiger partial charge in [-0.15, -0.1) is 0 Å². The maximum atomic E-state index is 11.7. The van der Waals surface area contributed by atoms with E-state index in [1.54, 1.807) is 0 Å². The number of unbranched alkanes of at least 4 members (excludes halogenated alkanes) is 15. The van der Waals surface area contributed by atoms with Crippen LogP contribution in [0.2, 0.25) is 0 Å². The molecule has 0 radical (unpaired) electrons. The fraction of sp³-hybridized carbons (Fsp3) is 0.793. The first-order chi connectivity index (χ1) is 18.2. The quantitative estimate of drug-likeness (QED) is 0.0302. The minimum atomic E-state index is -4.15. The Bertz CT molecular complexity index is 808. The van der Waals surface area contributed by atoms with Gasteiger partial charge < -0.3 is 18.4 Å². The molecule has 0 aliphatic heterocycles. The van der Waals surface area contributed by atoms with Crippen molar-refractivity contribution in [2.45, 2.75) is 109 Å². The summed E-state index contributed by atoms with van der Waals surface area (Å²) in [6.07, 6.45) is 21.1. The van der Waals surface area contributed by atoms with E-state index in [2.05, 4.69) is 22.2 Å². The lowest BCUT2D eigenvalue weighted by Gasteiger charge is -2.27. The number of nitrogens with zero attached hydrogens (tertiary/aromatic N) is 4. The predicted octanol–water partition coefficient (Wildman–Crippen LogP) is 8.62. The van der Waals surface area contributed by atoms with Gasteiger partial charge in [-0.05, 0) is 30.4 Å². The standard InChI is InChI=1S/C29H53N4O4P/c1-33(2,3)25-27-37-38(34,35)36-26-19-17-15-13-11-9-7-5-4-6-8-10-12-14-16-18-20-28-21-23-29(24-22-28)31-32-30/h21-24H,4-20,25-27H2,1-3H3. The summed E-state index contributed by atoms with van der Waals surface area (Å²) in [6.45, 7) is 1.00. The van der Waals surface area contributed by atoms with Gasteiger partial charge in [0.2, 0.25) is 0 Å². The Balaban J connectivity index is 1.79. The van der Waals surface area contributed by atoms with Gasteiger partial charge in [-0.25, -0.2) is 0 Å². The normalized spacial score (nSPS) is 13.3. The molecule has 0 N–H and O–H groups in total. The molecule has 0 fully saturated rings. The molecule has 0 amide bonds. The molecule has 0 heterocycles. The lowest BCUT2D eigenvalue weighted by atomic mass is 10.0. The lowest BCUT2D eigenvalue weighted by Crippen LogP contribution is -2.37. The van der Waals surface area contributed by atoms with Crippen LogP contribution in [0.1, 0.15) is 108 Å². The van der Waals surface area contributed by atoms with Gasteiger partial charge in [0, 0.05) is 10.6 Å². The van der Waals surface area contributed by atoms with Crippen molar-refractivity contribution in [3.8, 4) is 0 Å². The van der Waals surface area contributed by atoms with Gasteiger partial charge in [0.25, 0.3) is 7.82 Å². The molecule has 1 aromatic carbocycles. The number of hydrogen-bond donors (Lipinski definition) is 0. The highest BCUT2D eigenvalue weighted by Crippen LogP contribution is 2.38. The van der Waals surface area contributed by atoms with Crippen molar-refractivity contribution >= 4 is 13.5 Å². The van der Waals surface area contributed by atoms with Gasteiger partial charge in [-0.3, -0.25) is 4.57 Å². The van der Waals surface area contributed by atoms with Crippen LogP contribution in [0.3, 0.4) is 0 Å². The fourth-order valence-electron chi connectivity index (χ4n) is 4.33. The summed E-state index contributed by atoms with van der Waals surface area (Å²) in [7, 11) is 1.82. The summed E-state index contributed by atoms with van der Waals surface area (Å²) in [5, 5.41) is 3.61. The SMILES string of the molecule is C[N+](C)(C)CCOP(=O)([O-])OCCCCCCCCCCCCCCCCCCc1ccc(N=[N+]=[N-])cc1. The smallest absolute Gasteiger partial charge is 0.268 e. The van der Waals surface area contributed by atoms with Crippen LogP contribution in [0.4, 0.5) is 5.69 Å². The van der Waals surface area contributed by atoms with E-state index in [0.717, 1.165) is 25.7 Å². The number of aryl methyl sites for hydroxylation is 1. The second-order valence-electron chi connectivity index (χ2n) is 11.4. The Morgan fingerprint density at radius 2 is 1.16 bits per heavy atom. The maximum Gasteiger partial charge on any atom is 0.268 e. The van der Waals surface area contributed by atoms with Gasteiger partial charge in [0.05, 0.1) is 27.7 Å². The van der Waals surface area contributed by atoms with Crippen LogP contribution in [0.5, 0.6) is 0 Å². The number of likely N-dealkylation sites (N-methyl/N-ethyl adjacent to an activating group) is 1. The molecular formula is C29H53N4O4P. The molecule has 0 aromatic heterocycles. The summed E-state index contributed by atoms with van der Waals surface area (Å²) in [5.41, 5.74) is 10.4. The summed E-state index contributed by atoms with van der Waals surface area (Å²) >= 11 is 0.